The topological polar surface area (TPSA) is 20.2 Å². The van der Waals surface area contributed by atoms with Crippen molar-refractivity contribution in [1.29, 1.82) is 0 Å². The second-order valence-corrected chi connectivity index (χ2v) is 5.61. The first-order chi connectivity index (χ1) is 10.2. The predicted molar refractivity (Wildman–Crippen MR) is 89.6 cm³/mol. The molecule has 1 N–H and O–H groups in total. The summed E-state index contributed by atoms with van der Waals surface area (Å²) in [5.41, 5.74) is 5.00. The van der Waals surface area contributed by atoms with Gasteiger partial charge in [0.25, 0.3) is 0 Å². The lowest BCUT2D eigenvalue weighted by atomic mass is 9.86. The van der Waals surface area contributed by atoms with Gasteiger partial charge < -0.3 is 5.11 Å². The summed E-state index contributed by atoms with van der Waals surface area (Å²) in [7, 11) is 0. The smallest absolute Gasteiger partial charge is 0.0858 e. The molecule has 0 aliphatic heterocycles. The van der Waals surface area contributed by atoms with E-state index >= 15 is 0 Å². The molecule has 2 atom stereocenters. The second kappa shape index (κ2) is 7.42. The number of benzene rings is 2. The Morgan fingerprint density at radius 2 is 1.48 bits per heavy atom. The van der Waals surface area contributed by atoms with Gasteiger partial charge in [0.2, 0.25) is 0 Å². The minimum absolute atomic E-state index is 0.156. The highest BCUT2D eigenvalue weighted by Crippen LogP contribution is 2.34. The number of rotatable bonds is 6. The molecular weight excluding hydrogens is 256 g/mol. The molecule has 2 rings (SSSR count). The number of aryl methyl sites for hydroxylation is 2. The van der Waals surface area contributed by atoms with E-state index in [1.54, 1.807) is 0 Å². The van der Waals surface area contributed by atoms with E-state index < -0.39 is 6.10 Å². The molecule has 1 nitrogen and oxygen atoms in total. The van der Waals surface area contributed by atoms with Crippen molar-refractivity contribution in [3.8, 4) is 0 Å². The number of hydrogen-bond donors (Lipinski definition) is 1. The molecule has 0 fully saturated rings. The summed E-state index contributed by atoms with van der Waals surface area (Å²) in [6.07, 6.45) is 2.57. The fourth-order valence-electron chi connectivity index (χ4n) is 3.08. The summed E-state index contributed by atoms with van der Waals surface area (Å²) < 4.78 is 0. The maximum Gasteiger partial charge on any atom is 0.0858 e. The molecule has 2 aromatic rings. The highest BCUT2D eigenvalue weighted by molar-refractivity contribution is 5.35. The zero-order valence-electron chi connectivity index (χ0n) is 13.3. The van der Waals surface area contributed by atoms with E-state index in [1.807, 2.05) is 18.2 Å². The van der Waals surface area contributed by atoms with E-state index in [-0.39, 0.29) is 5.92 Å². The third-order valence-electron chi connectivity index (χ3n) is 4.38. The summed E-state index contributed by atoms with van der Waals surface area (Å²) in [5.74, 6) is 0.156. The lowest BCUT2D eigenvalue weighted by molar-refractivity contribution is 0.142. The van der Waals surface area contributed by atoms with Crippen LogP contribution < -0.4 is 0 Å². The van der Waals surface area contributed by atoms with Crippen LogP contribution in [0.5, 0.6) is 0 Å². The van der Waals surface area contributed by atoms with Crippen molar-refractivity contribution in [2.45, 2.75) is 52.1 Å². The Balaban J connectivity index is 2.31. The van der Waals surface area contributed by atoms with Gasteiger partial charge in [-0.1, -0.05) is 69.3 Å². The van der Waals surface area contributed by atoms with Crippen molar-refractivity contribution in [2.75, 3.05) is 0 Å². The molecule has 0 spiro atoms. The molecule has 0 bridgehead atoms. The van der Waals surface area contributed by atoms with Crippen LogP contribution in [0, 0.1) is 0 Å². The monoisotopic (exact) mass is 282 g/mol. The summed E-state index contributed by atoms with van der Waals surface area (Å²) >= 11 is 0. The molecule has 112 valence electrons. The molecule has 0 aliphatic rings. The molecule has 0 saturated heterocycles. The van der Waals surface area contributed by atoms with Crippen LogP contribution in [0.15, 0.2) is 48.5 Å². The molecule has 1 heteroatoms. The van der Waals surface area contributed by atoms with E-state index in [0.717, 1.165) is 24.8 Å². The van der Waals surface area contributed by atoms with Crippen LogP contribution in [0.3, 0.4) is 0 Å². The second-order valence-electron chi connectivity index (χ2n) is 5.61. The van der Waals surface area contributed by atoms with Crippen LogP contribution in [-0.4, -0.2) is 5.11 Å². The van der Waals surface area contributed by atoms with Gasteiger partial charge in [-0.15, -0.1) is 0 Å². The largest absolute Gasteiger partial charge is 0.388 e. The number of aliphatic hydroxyl groups is 1. The van der Waals surface area contributed by atoms with Gasteiger partial charge in [-0.3, -0.25) is 0 Å². The zero-order valence-corrected chi connectivity index (χ0v) is 13.3. The Kier molecular flexibility index (Phi) is 5.58. The zero-order chi connectivity index (χ0) is 15.2. The molecule has 0 aromatic heterocycles. The predicted octanol–water partition coefficient (Wildman–Crippen LogP) is 5.04. The van der Waals surface area contributed by atoms with Crippen LogP contribution in [0.4, 0.5) is 0 Å². The van der Waals surface area contributed by atoms with Crippen LogP contribution in [-0.2, 0) is 12.8 Å². The number of aliphatic hydroxyl groups excluding tert-OH is 1. The Labute approximate surface area is 128 Å². The lowest BCUT2D eigenvalue weighted by Gasteiger charge is -2.23. The Morgan fingerprint density at radius 1 is 0.810 bits per heavy atom. The minimum Gasteiger partial charge on any atom is -0.388 e. The summed E-state index contributed by atoms with van der Waals surface area (Å²) in [4.78, 5) is 0. The highest BCUT2D eigenvalue weighted by Gasteiger charge is 2.21. The lowest BCUT2D eigenvalue weighted by Crippen LogP contribution is -2.11. The maximum absolute atomic E-state index is 10.8. The van der Waals surface area contributed by atoms with Gasteiger partial charge in [0.15, 0.2) is 0 Å². The third kappa shape index (κ3) is 3.54. The minimum atomic E-state index is -0.436. The van der Waals surface area contributed by atoms with E-state index in [0.29, 0.717) is 0 Å². The first kappa shape index (κ1) is 15.8. The Hall–Kier alpha value is -1.60. The fraction of sp³-hybridized carbons (Fsp3) is 0.400. The van der Waals surface area contributed by atoms with Crippen LogP contribution in [0.2, 0.25) is 0 Å². The summed E-state index contributed by atoms with van der Waals surface area (Å²) in [5, 5.41) is 10.8. The standard InChI is InChI=1S/C20H26O/c1-4-15-12-13-18(14-16(15)5-2)20(21)19(6-3)17-10-8-7-9-11-17/h7-14,19-21H,4-6H2,1-3H3. The van der Waals surface area contributed by atoms with Crippen LogP contribution in [0.25, 0.3) is 0 Å². The Bertz CT molecular complexity index is 559. The molecule has 21 heavy (non-hydrogen) atoms. The van der Waals surface area contributed by atoms with Crippen molar-refractivity contribution in [2.24, 2.45) is 0 Å². The van der Waals surface area contributed by atoms with Crippen molar-refractivity contribution < 1.29 is 5.11 Å². The van der Waals surface area contributed by atoms with Crippen molar-refractivity contribution >= 4 is 0 Å². The van der Waals surface area contributed by atoms with Crippen molar-refractivity contribution in [3.63, 3.8) is 0 Å². The molecule has 0 saturated carbocycles. The van der Waals surface area contributed by atoms with E-state index in [9.17, 15) is 5.11 Å². The Morgan fingerprint density at radius 3 is 2.05 bits per heavy atom. The van der Waals surface area contributed by atoms with E-state index in [1.165, 1.54) is 16.7 Å². The van der Waals surface area contributed by atoms with Gasteiger partial charge in [0.05, 0.1) is 6.10 Å². The summed E-state index contributed by atoms with van der Waals surface area (Å²) in [6.45, 7) is 6.50. The van der Waals surface area contributed by atoms with Gasteiger partial charge in [0, 0.05) is 5.92 Å². The molecule has 0 aliphatic carbocycles. The SMILES string of the molecule is CCc1ccc(C(O)C(CC)c2ccccc2)cc1CC. The first-order valence-corrected chi connectivity index (χ1v) is 8.05. The van der Waals surface area contributed by atoms with Crippen molar-refractivity contribution in [1.82, 2.24) is 0 Å². The van der Waals surface area contributed by atoms with Gasteiger partial charge in [-0.05, 0) is 41.5 Å². The molecule has 0 amide bonds. The van der Waals surface area contributed by atoms with Crippen LogP contribution in [0.1, 0.15) is 61.5 Å². The molecule has 2 aromatic carbocycles. The highest BCUT2D eigenvalue weighted by atomic mass is 16.3. The van der Waals surface area contributed by atoms with Crippen LogP contribution >= 0.6 is 0 Å². The van der Waals surface area contributed by atoms with Gasteiger partial charge in [0.1, 0.15) is 0 Å². The van der Waals surface area contributed by atoms with Crippen molar-refractivity contribution in [3.05, 3.63) is 70.8 Å². The van der Waals surface area contributed by atoms with E-state index in [2.05, 4.69) is 51.1 Å². The quantitative estimate of drug-likeness (QED) is 0.787. The fourth-order valence-corrected chi connectivity index (χ4v) is 3.08. The van der Waals surface area contributed by atoms with Gasteiger partial charge in [-0.2, -0.15) is 0 Å². The average Bonchev–Trinajstić information content (AvgIpc) is 2.55. The average molecular weight is 282 g/mol. The maximum atomic E-state index is 10.8. The van der Waals surface area contributed by atoms with Gasteiger partial charge in [-0.25, -0.2) is 0 Å². The molecule has 2 unspecified atom stereocenters. The number of hydrogen-bond acceptors (Lipinski definition) is 1. The third-order valence-corrected chi connectivity index (χ3v) is 4.38. The molecular formula is C20H26O. The normalized spacial score (nSPS) is 13.9. The van der Waals surface area contributed by atoms with Gasteiger partial charge >= 0.3 is 0 Å². The molecule has 0 radical (unpaired) electrons. The first-order valence-electron chi connectivity index (χ1n) is 8.05. The molecule has 0 heterocycles. The van der Waals surface area contributed by atoms with E-state index in [4.69, 9.17) is 0 Å². The summed E-state index contributed by atoms with van der Waals surface area (Å²) in [6, 6.07) is 16.8.